The lowest BCUT2D eigenvalue weighted by atomic mass is 10.1. The van der Waals surface area contributed by atoms with E-state index in [1.807, 2.05) is 25.7 Å². The fourth-order valence-electron chi connectivity index (χ4n) is 2.72. The van der Waals surface area contributed by atoms with Crippen LogP contribution in [0.15, 0.2) is 0 Å². The Balaban J connectivity index is 2.46. The Labute approximate surface area is 134 Å². The number of nitrogens with two attached hydrogens (primary N) is 1. The molecule has 3 N–H and O–H groups in total. The third-order valence-corrected chi connectivity index (χ3v) is 3.77. The number of hydrogen-bond donors (Lipinski definition) is 2. The second kappa shape index (κ2) is 9.33. The zero-order valence-electron chi connectivity index (χ0n) is 14.6. The van der Waals surface area contributed by atoms with Crippen LogP contribution in [0.3, 0.4) is 0 Å². The van der Waals surface area contributed by atoms with Crippen LogP contribution in [0.25, 0.3) is 0 Å². The largest absolute Gasteiger partial charge is 0.444 e. The molecule has 1 rings (SSSR count). The van der Waals surface area contributed by atoms with Gasteiger partial charge in [0.05, 0.1) is 6.61 Å². The summed E-state index contributed by atoms with van der Waals surface area (Å²) in [6.07, 6.45) is 3.80. The molecule has 6 heteroatoms. The highest BCUT2D eigenvalue weighted by molar-refractivity contribution is 5.69. The number of nitrogens with zero attached hydrogens (tertiary/aromatic N) is 1. The van der Waals surface area contributed by atoms with Gasteiger partial charge in [-0.15, -0.1) is 0 Å². The predicted octanol–water partition coefficient (Wildman–Crippen LogP) is 1.73. The van der Waals surface area contributed by atoms with Crippen LogP contribution in [0, 0.1) is 0 Å². The van der Waals surface area contributed by atoms with Crippen molar-refractivity contribution in [1.29, 1.82) is 0 Å². The van der Waals surface area contributed by atoms with Crippen LogP contribution in [0.2, 0.25) is 0 Å². The minimum Gasteiger partial charge on any atom is -0.444 e. The molecule has 1 amide bonds. The third-order valence-electron chi connectivity index (χ3n) is 3.77. The average molecular weight is 315 g/mol. The standard InChI is InChI=1S/C16H33N3O3/c1-16(2,3)22-15(20)19-10-6-8-14(19)11-18-13(12-21-4)7-5-9-17/h13-14,18H,5-12,17H2,1-4H3. The smallest absolute Gasteiger partial charge is 0.410 e. The molecule has 0 radical (unpaired) electrons. The maximum Gasteiger partial charge on any atom is 0.410 e. The number of rotatable bonds is 8. The molecule has 2 unspecified atom stereocenters. The first-order chi connectivity index (χ1) is 10.4. The van der Waals surface area contributed by atoms with Crippen molar-refractivity contribution in [2.45, 2.75) is 64.1 Å². The Morgan fingerprint density at radius 1 is 1.45 bits per heavy atom. The molecule has 22 heavy (non-hydrogen) atoms. The monoisotopic (exact) mass is 315 g/mol. The molecular weight excluding hydrogens is 282 g/mol. The summed E-state index contributed by atoms with van der Waals surface area (Å²) >= 11 is 0. The summed E-state index contributed by atoms with van der Waals surface area (Å²) < 4.78 is 10.7. The van der Waals surface area contributed by atoms with Gasteiger partial charge in [0.2, 0.25) is 0 Å². The summed E-state index contributed by atoms with van der Waals surface area (Å²) in [5.74, 6) is 0. The van der Waals surface area contributed by atoms with Crippen LogP contribution in [0.1, 0.15) is 46.5 Å². The third kappa shape index (κ3) is 6.94. The highest BCUT2D eigenvalue weighted by atomic mass is 16.6. The van der Waals surface area contributed by atoms with E-state index in [0.717, 1.165) is 38.8 Å². The van der Waals surface area contributed by atoms with E-state index >= 15 is 0 Å². The van der Waals surface area contributed by atoms with Crippen molar-refractivity contribution in [2.24, 2.45) is 5.73 Å². The number of nitrogens with one attached hydrogen (secondary N) is 1. The van der Waals surface area contributed by atoms with Crippen molar-refractivity contribution in [3.05, 3.63) is 0 Å². The molecule has 1 saturated heterocycles. The number of methoxy groups -OCH3 is 1. The zero-order valence-corrected chi connectivity index (χ0v) is 14.6. The topological polar surface area (TPSA) is 76.8 Å². The van der Waals surface area contributed by atoms with Crippen molar-refractivity contribution in [3.63, 3.8) is 0 Å². The van der Waals surface area contributed by atoms with Crippen LogP contribution >= 0.6 is 0 Å². The molecule has 0 saturated carbocycles. The van der Waals surface area contributed by atoms with E-state index in [4.69, 9.17) is 15.2 Å². The molecule has 1 aliphatic heterocycles. The molecule has 0 bridgehead atoms. The zero-order chi connectivity index (χ0) is 16.6. The Kier molecular flexibility index (Phi) is 8.14. The number of carbonyl (C=O) groups excluding carboxylic acids is 1. The van der Waals surface area contributed by atoms with Gasteiger partial charge in [0.25, 0.3) is 0 Å². The van der Waals surface area contributed by atoms with Gasteiger partial charge in [0, 0.05) is 32.3 Å². The maximum atomic E-state index is 12.2. The minimum absolute atomic E-state index is 0.201. The first-order valence-corrected chi connectivity index (χ1v) is 8.29. The molecule has 0 aromatic rings. The summed E-state index contributed by atoms with van der Waals surface area (Å²) in [5.41, 5.74) is 5.13. The van der Waals surface area contributed by atoms with E-state index in [0.29, 0.717) is 13.2 Å². The predicted molar refractivity (Wildman–Crippen MR) is 87.9 cm³/mol. The normalized spacial score (nSPS) is 20.2. The summed E-state index contributed by atoms with van der Waals surface area (Å²) in [6.45, 7) is 8.60. The molecule has 0 aromatic carbocycles. The Hall–Kier alpha value is -0.850. The van der Waals surface area contributed by atoms with Gasteiger partial charge >= 0.3 is 6.09 Å². The molecule has 1 fully saturated rings. The quantitative estimate of drug-likeness (QED) is 0.713. The van der Waals surface area contributed by atoms with E-state index in [2.05, 4.69) is 5.32 Å². The number of hydrogen-bond acceptors (Lipinski definition) is 5. The molecule has 6 nitrogen and oxygen atoms in total. The van der Waals surface area contributed by atoms with Gasteiger partial charge in [0.1, 0.15) is 5.60 Å². The van der Waals surface area contributed by atoms with Gasteiger partial charge < -0.3 is 25.4 Å². The molecule has 0 aliphatic carbocycles. The second-order valence-electron chi connectivity index (χ2n) is 6.96. The van der Waals surface area contributed by atoms with E-state index < -0.39 is 5.60 Å². The highest BCUT2D eigenvalue weighted by Crippen LogP contribution is 2.20. The van der Waals surface area contributed by atoms with Crippen molar-refractivity contribution in [2.75, 3.05) is 33.4 Å². The SMILES string of the molecule is COCC(CCCN)NCC1CCCN1C(=O)OC(C)(C)C. The van der Waals surface area contributed by atoms with Crippen molar-refractivity contribution >= 4 is 6.09 Å². The number of likely N-dealkylation sites (tertiary alicyclic amines) is 1. The van der Waals surface area contributed by atoms with Gasteiger partial charge in [-0.2, -0.15) is 0 Å². The number of ether oxygens (including phenoxy) is 2. The van der Waals surface area contributed by atoms with Gasteiger partial charge in [-0.1, -0.05) is 0 Å². The van der Waals surface area contributed by atoms with E-state index in [1.165, 1.54) is 0 Å². The Morgan fingerprint density at radius 3 is 2.77 bits per heavy atom. The molecule has 1 aliphatic rings. The molecule has 2 atom stereocenters. The average Bonchev–Trinajstić information content (AvgIpc) is 2.88. The van der Waals surface area contributed by atoms with E-state index in [9.17, 15) is 4.79 Å². The first-order valence-electron chi connectivity index (χ1n) is 8.29. The highest BCUT2D eigenvalue weighted by Gasteiger charge is 2.32. The van der Waals surface area contributed by atoms with Crippen molar-refractivity contribution < 1.29 is 14.3 Å². The summed E-state index contributed by atoms with van der Waals surface area (Å²) in [7, 11) is 1.71. The van der Waals surface area contributed by atoms with Crippen LogP contribution in [-0.4, -0.2) is 62.0 Å². The van der Waals surface area contributed by atoms with Gasteiger partial charge in [-0.05, 0) is 53.0 Å². The lowest BCUT2D eigenvalue weighted by Crippen LogP contribution is -2.47. The fraction of sp³-hybridized carbons (Fsp3) is 0.938. The maximum absolute atomic E-state index is 12.2. The second-order valence-corrected chi connectivity index (χ2v) is 6.96. The number of carbonyl (C=O) groups is 1. The Bertz CT molecular complexity index is 331. The molecule has 130 valence electrons. The van der Waals surface area contributed by atoms with E-state index in [1.54, 1.807) is 7.11 Å². The van der Waals surface area contributed by atoms with E-state index in [-0.39, 0.29) is 18.2 Å². The van der Waals surface area contributed by atoms with Crippen LogP contribution in [-0.2, 0) is 9.47 Å². The van der Waals surface area contributed by atoms with Crippen LogP contribution in [0.5, 0.6) is 0 Å². The lowest BCUT2D eigenvalue weighted by molar-refractivity contribution is 0.0222. The van der Waals surface area contributed by atoms with Gasteiger partial charge in [-0.25, -0.2) is 4.79 Å². The van der Waals surface area contributed by atoms with Crippen molar-refractivity contribution in [1.82, 2.24) is 10.2 Å². The molecule has 0 spiro atoms. The van der Waals surface area contributed by atoms with Crippen LogP contribution < -0.4 is 11.1 Å². The molecule has 1 heterocycles. The summed E-state index contributed by atoms with van der Waals surface area (Å²) in [6, 6.07) is 0.488. The van der Waals surface area contributed by atoms with Gasteiger partial charge in [0.15, 0.2) is 0 Å². The first kappa shape index (κ1) is 19.2. The summed E-state index contributed by atoms with van der Waals surface area (Å²) in [5, 5.41) is 3.52. The lowest BCUT2D eigenvalue weighted by Gasteiger charge is -2.30. The fourth-order valence-corrected chi connectivity index (χ4v) is 2.72. The Morgan fingerprint density at radius 2 is 2.18 bits per heavy atom. The molecule has 0 aromatic heterocycles. The van der Waals surface area contributed by atoms with Gasteiger partial charge in [-0.3, -0.25) is 0 Å². The van der Waals surface area contributed by atoms with Crippen LogP contribution in [0.4, 0.5) is 4.79 Å². The summed E-state index contributed by atoms with van der Waals surface area (Å²) in [4.78, 5) is 14.1. The van der Waals surface area contributed by atoms with Crippen molar-refractivity contribution in [3.8, 4) is 0 Å². The number of amides is 1. The minimum atomic E-state index is -0.447. The molecular formula is C16H33N3O3.